The van der Waals surface area contributed by atoms with E-state index in [1.54, 1.807) is 6.92 Å². The molecule has 0 atom stereocenters. The van der Waals surface area contributed by atoms with Crippen molar-refractivity contribution in [3.05, 3.63) is 32.9 Å². The molecule has 0 aliphatic heterocycles. The van der Waals surface area contributed by atoms with Gasteiger partial charge in [-0.25, -0.2) is 4.98 Å². The molecule has 0 fully saturated rings. The molecule has 0 radical (unpaired) electrons. The van der Waals surface area contributed by atoms with Gasteiger partial charge in [0.2, 0.25) is 5.95 Å². The van der Waals surface area contributed by atoms with Gasteiger partial charge in [0.1, 0.15) is 10.7 Å². The van der Waals surface area contributed by atoms with E-state index in [1.165, 1.54) is 17.7 Å². The fourth-order valence-corrected chi connectivity index (χ4v) is 3.09. The number of fused-ring (bicyclic) bond motifs is 1. The second kappa shape index (κ2) is 5.34. The third kappa shape index (κ3) is 2.39. The highest BCUT2D eigenvalue weighted by Gasteiger charge is 2.19. The molecule has 0 aliphatic carbocycles. The molecule has 3 aromatic heterocycles. The van der Waals surface area contributed by atoms with Crippen LogP contribution in [0, 0.1) is 6.92 Å². The average Bonchev–Trinajstić information content (AvgIpc) is 3.05. The van der Waals surface area contributed by atoms with Gasteiger partial charge in [-0.2, -0.15) is 4.98 Å². The van der Waals surface area contributed by atoms with Crippen molar-refractivity contribution in [1.29, 1.82) is 0 Å². The summed E-state index contributed by atoms with van der Waals surface area (Å²) < 4.78 is 0. The monoisotopic (exact) mass is 318 g/mol. The van der Waals surface area contributed by atoms with Gasteiger partial charge in [-0.1, -0.05) is 13.8 Å². The predicted octanol–water partition coefficient (Wildman–Crippen LogP) is 1.79. The molecule has 0 saturated heterocycles. The summed E-state index contributed by atoms with van der Waals surface area (Å²) in [6, 6.07) is 0. The molecule has 3 rings (SSSR count). The van der Waals surface area contributed by atoms with Crippen LogP contribution in [0.2, 0.25) is 0 Å². The molecule has 0 bridgehead atoms. The van der Waals surface area contributed by atoms with Crippen LogP contribution in [-0.4, -0.2) is 31.1 Å². The van der Waals surface area contributed by atoms with Gasteiger partial charge in [0.05, 0.1) is 16.6 Å². The van der Waals surface area contributed by atoms with Crippen LogP contribution in [0.25, 0.3) is 10.2 Å². The second-order valence-corrected chi connectivity index (χ2v) is 6.12. The fourth-order valence-electron chi connectivity index (χ4n) is 2.04. The van der Waals surface area contributed by atoms with Crippen LogP contribution in [-0.2, 0) is 0 Å². The van der Waals surface area contributed by atoms with Gasteiger partial charge >= 0.3 is 0 Å². The van der Waals surface area contributed by atoms with Gasteiger partial charge < -0.3 is 4.98 Å². The number of aromatic nitrogens is 5. The van der Waals surface area contributed by atoms with Crippen LogP contribution < -0.4 is 10.9 Å². The maximum absolute atomic E-state index is 12.4. The quantitative estimate of drug-likeness (QED) is 0.680. The van der Waals surface area contributed by atoms with E-state index in [1.807, 2.05) is 13.8 Å². The number of nitrogens with one attached hydrogen (secondary N) is 3. The number of aryl methyl sites for hydroxylation is 1. The first kappa shape index (κ1) is 14.4. The molecule has 0 aliphatic rings. The second-order valence-electron chi connectivity index (χ2n) is 5.12. The minimum atomic E-state index is -0.353. The van der Waals surface area contributed by atoms with Crippen LogP contribution in [0.1, 0.15) is 40.8 Å². The fraction of sp³-hybridized carbons (Fsp3) is 0.308. The molecule has 1 amide bonds. The van der Waals surface area contributed by atoms with E-state index >= 15 is 0 Å². The Morgan fingerprint density at radius 2 is 2.18 bits per heavy atom. The summed E-state index contributed by atoms with van der Waals surface area (Å²) in [6.45, 7) is 5.67. The van der Waals surface area contributed by atoms with Crippen molar-refractivity contribution in [3.8, 4) is 0 Å². The lowest BCUT2D eigenvalue weighted by Crippen LogP contribution is -2.13. The molecule has 0 unspecified atom stereocenters. The van der Waals surface area contributed by atoms with Crippen LogP contribution in [0.3, 0.4) is 0 Å². The SMILES string of the molecule is Cc1c(C(=O)Nc2n[nH]c(C(C)C)n2)sc2nc[nH]c(=O)c12. The van der Waals surface area contributed by atoms with Crippen molar-refractivity contribution in [1.82, 2.24) is 25.1 Å². The summed E-state index contributed by atoms with van der Waals surface area (Å²) >= 11 is 1.17. The number of H-pyrrole nitrogens is 2. The van der Waals surface area contributed by atoms with E-state index in [4.69, 9.17) is 0 Å². The lowest BCUT2D eigenvalue weighted by molar-refractivity contribution is 0.102. The molecule has 114 valence electrons. The molecular weight excluding hydrogens is 304 g/mol. The first-order valence-electron chi connectivity index (χ1n) is 6.67. The van der Waals surface area contributed by atoms with Gasteiger partial charge in [-0.05, 0) is 12.5 Å². The maximum atomic E-state index is 12.4. The number of thiophene rings is 1. The van der Waals surface area contributed by atoms with Crippen LogP contribution in [0.4, 0.5) is 5.95 Å². The number of hydrogen-bond donors (Lipinski definition) is 3. The highest BCUT2D eigenvalue weighted by atomic mass is 32.1. The summed E-state index contributed by atoms with van der Waals surface area (Å²) in [5.74, 6) is 0.745. The number of hydrogen-bond acceptors (Lipinski definition) is 6. The molecule has 3 aromatic rings. The van der Waals surface area contributed by atoms with Crippen molar-refractivity contribution < 1.29 is 4.79 Å². The zero-order valence-electron chi connectivity index (χ0n) is 12.2. The van der Waals surface area contributed by atoms with Gasteiger partial charge in [0.15, 0.2) is 0 Å². The summed E-state index contributed by atoms with van der Waals surface area (Å²) in [5, 5.41) is 9.80. The highest BCUT2D eigenvalue weighted by molar-refractivity contribution is 7.20. The summed E-state index contributed by atoms with van der Waals surface area (Å²) in [6.07, 6.45) is 1.33. The largest absolute Gasteiger partial charge is 0.313 e. The van der Waals surface area contributed by atoms with Gasteiger partial charge in [0.25, 0.3) is 11.5 Å². The molecule has 3 N–H and O–H groups in total. The number of anilines is 1. The van der Waals surface area contributed by atoms with Gasteiger partial charge in [0, 0.05) is 5.92 Å². The first-order chi connectivity index (χ1) is 10.5. The van der Waals surface area contributed by atoms with Crippen molar-refractivity contribution in [2.24, 2.45) is 0 Å². The number of amides is 1. The number of rotatable bonds is 3. The number of carbonyl (C=O) groups excluding carboxylic acids is 1. The van der Waals surface area contributed by atoms with Crippen LogP contribution in [0.5, 0.6) is 0 Å². The third-order valence-electron chi connectivity index (χ3n) is 3.21. The van der Waals surface area contributed by atoms with Gasteiger partial charge in [-0.15, -0.1) is 16.4 Å². The first-order valence-corrected chi connectivity index (χ1v) is 7.49. The van der Waals surface area contributed by atoms with E-state index in [0.717, 1.165) is 0 Å². The van der Waals surface area contributed by atoms with Crippen molar-refractivity contribution in [3.63, 3.8) is 0 Å². The van der Waals surface area contributed by atoms with E-state index in [-0.39, 0.29) is 23.3 Å². The maximum Gasteiger partial charge on any atom is 0.268 e. The minimum absolute atomic E-state index is 0.187. The number of nitrogens with zero attached hydrogens (tertiary/aromatic N) is 3. The Kier molecular flexibility index (Phi) is 3.49. The molecule has 0 spiro atoms. The Hall–Kier alpha value is -2.55. The Labute approximate surface area is 129 Å². The van der Waals surface area contributed by atoms with E-state index in [9.17, 15) is 9.59 Å². The lowest BCUT2D eigenvalue weighted by atomic mass is 10.2. The lowest BCUT2D eigenvalue weighted by Gasteiger charge is -1.99. The molecule has 0 aromatic carbocycles. The molecule has 22 heavy (non-hydrogen) atoms. The van der Waals surface area contributed by atoms with Crippen LogP contribution >= 0.6 is 11.3 Å². The molecular formula is C13H14N6O2S. The standard InChI is InChI=1S/C13H14N6O2S/c1-5(2)9-16-13(19-18-9)17-11(21)8-6(3)7-10(20)14-4-15-12(7)22-8/h4-5H,1-3H3,(H,14,15,20)(H2,16,17,18,19,21). The summed E-state index contributed by atoms with van der Waals surface area (Å²) in [4.78, 5) is 35.9. The molecule has 0 saturated carbocycles. The summed E-state index contributed by atoms with van der Waals surface area (Å²) in [5.41, 5.74) is 0.351. The van der Waals surface area contributed by atoms with Crippen LogP contribution in [0.15, 0.2) is 11.1 Å². The zero-order valence-corrected chi connectivity index (χ0v) is 13.0. The minimum Gasteiger partial charge on any atom is -0.313 e. The van der Waals surface area contributed by atoms with E-state index < -0.39 is 0 Å². The molecule has 3 heterocycles. The Morgan fingerprint density at radius 3 is 2.82 bits per heavy atom. The predicted molar refractivity (Wildman–Crippen MR) is 83.4 cm³/mol. The Bertz CT molecular complexity index is 907. The normalized spacial score (nSPS) is 11.3. The van der Waals surface area contributed by atoms with E-state index in [2.05, 4.69) is 30.5 Å². The molecule has 8 nitrogen and oxygen atoms in total. The van der Waals surface area contributed by atoms with Gasteiger partial charge in [-0.3, -0.25) is 20.0 Å². The van der Waals surface area contributed by atoms with Crippen molar-refractivity contribution in [2.45, 2.75) is 26.7 Å². The number of carbonyl (C=O) groups is 1. The average molecular weight is 318 g/mol. The third-order valence-corrected chi connectivity index (χ3v) is 4.41. The topological polar surface area (TPSA) is 116 Å². The van der Waals surface area contributed by atoms with Crippen molar-refractivity contribution >= 4 is 33.4 Å². The smallest absolute Gasteiger partial charge is 0.268 e. The number of aromatic amines is 2. The highest BCUT2D eigenvalue weighted by Crippen LogP contribution is 2.27. The summed E-state index contributed by atoms with van der Waals surface area (Å²) in [7, 11) is 0. The van der Waals surface area contributed by atoms with E-state index in [0.29, 0.717) is 26.5 Å². The van der Waals surface area contributed by atoms with Crippen molar-refractivity contribution in [2.75, 3.05) is 5.32 Å². The Balaban J connectivity index is 1.93. The Morgan fingerprint density at radius 1 is 1.41 bits per heavy atom. The molecule has 9 heteroatoms. The zero-order chi connectivity index (χ0) is 15.9.